The maximum atomic E-state index is 14.3. The first-order chi connectivity index (χ1) is 15.5. The summed E-state index contributed by atoms with van der Waals surface area (Å²) in [6.45, 7) is 3.28. The molecule has 10 heteroatoms. The summed E-state index contributed by atoms with van der Waals surface area (Å²) >= 11 is 3.31. The van der Waals surface area contributed by atoms with Crippen LogP contribution >= 0.6 is 15.9 Å². The number of halogens is 2. The topological polar surface area (TPSA) is 86.8 Å². The van der Waals surface area contributed by atoms with E-state index < -0.39 is 34.3 Å². The summed E-state index contributed by atoms with van der Waals surface area (Å²) in [6.07, 6.45) is 2.68. The third-order valence-electron chi connectivity index (χ3n) is 5.07. The zero-order chi connectivity index (χ0) is 24.6. The second kappa shape index (κ2) is 12.1. The van der Waals surface area contributed by atoms with Gasteiger partial charge < -0.3 is 10.2 Å². The van der Waals surface area contributed by atoms with Crippen molar-refractivity contribution in [2.24, 2.45) is 0 Å². The fourth-order valence-electron chi connectivity index (χ4n) is 3.17. The third kappa shape index (κ3) is 7.82. The first-order valence-electron chi connectivity index (χ1n) is 10.6. The van der Waals surface area contributed by atoms with Gasteiger partial charge in [-0.1, -0.05) is 53.5 Å². The molecule has 0 radical (unpaired) electrons. The maximum absolute atomic E-state index is 14.3. The molecule has 0 unspecified atom stereocenters. The van der Waals surface area contributed by atoms with Crippen LogP contribution in [0.4, 0.5) is 10.1 Å². The Morgan fingerprint density at radius 2 is 1.85 bits per heavy atom. The molecule has 0 aliphatic rings. The van der Waals surface area contributed by atoms with Crippen LogP contribution in [0.1, 0.15) is 32.3 Å². The molecule has 0 heterocycles. The van der Waals surface area contributed by atoms with E-state index in [1.807, 2.05) is 6.92 Å². The van der Waals surface area contributed by atoms with E-state index >= 15 is 0 Å². The van der Waals surface area contributed by atoms with Crippen LogP contribution in [0.3, 0.4) is 0 Å². The van der Waals surface area contributed by atoms with Crippen molar-refractivity contribution in [3.8, 4) is 0 Å². The lowest BCUT2D eigenvalue weighted by Gasteiger charge is -2.31. The molecule has 0 aliphatic heterocycles. The molecule has 0 saturated carbocycles. The molecule has 0 spiro atoms. The van der Waals surface area contributed by atoms with Gasteiger partial charge in [-0.25, -0.2) is 12.8 Å². The van der Waals surface area contributed by atoms with Crippen LogP contribution in [-0.2, 0) is 26.2 Å². The summed E-state index contributed by atoms with van der Waals surface area (Å²) in [7, 11) is -3.82. The average molecular weight is 542 g/mol. The van der Waals surface area contributed by atoms with E-state index in [1.54, 1.807) is 37.3 Å². The summed E-state index contributed by atoms with van der Waals surface area (Å²) in [5.41, 5.74) is 0.526. The van der Waals surface area contributed by atoms with E-state index in [0.29, 0.717) is 16.7 Å². The van der Waals surface area contributed by atoms with Crippen molar-refractivity contribution in [1.82, 2.24) is 10.2 Å². The average Bonchev–Trinajstić information content (AvgIpc) is 2.75. The third-order valence-corrected chi connectivity index (χ3v) is 6.70. The lowest BCUT2D eigenvalue weighted by molar-refractivity contribution is -0.139. The normalized spacial score (nSPS) is 12.2. The minimum absolute atomic E-state index is 0.177. The second-order valence-electron chi connectivity index (χ2n) is 7.68. The molecule has 0 aromatic heterocycles. The lowest BCUT2D eigenvalue weighted by atomic mass is 10.1. The number of carbonyl (C=O) groups is 2. The zero-order valence-corrected chi connectivity index (χ0v) is 21.3. The number of nitrogens with zero attached hydrogens (tertiary/aromatic N) is 2. The van der Waals surface area contributed by atoms with Gasteiger partial charge in [0.15, 0.2) is 0 Å². The highest BCUT2D eigenvalue weighted by atomic mass is 79.9. The number of nitrogens with one attached hydrogen (secondary N) is 1. The Balaban J connectivity index is 2.36. The van der Waals surface area contributed by atoms with Gasteiger partial charge in [-0.05, 0) is 37.6 Å². The summed E-state index contributed by atoms with van der Waals surface area (Å²) in [4.78, 5) is 27.3. The molecule has 2 aromatic carbocycles. The maximum Gasteiger partial charge on any atom is 0.244 e. The van der Waals surface area contributed by atoms with Crippen LogP contribution in [0.15, 0.2) is 53.0 Å². The van der Waals surface area contributed by atoms with Crippen molar-refractivity contribution in [3.63, 3.8) is 0 Å². The Morgan fingerprint density at radius 3 is 2.45 bits per heavy atom. The van der Waals surface area contributed by atoms with Crippen LogP contribution in [-0.4, -0.2) is 50.5 Å². The van der Waals surface area contributed by atoms with E-state index in [2.05, 4.69) is 21.2 Å². The predicted molar refractivity (Wildman–Crippen MR) is 131 cm³/mol. The van der Waals surface area contributed by atoms with Gasteiger partial charge >= 0.3 is 0 Å². The quantitative estimate of drug-likeness (QED) is 0.439. The minimum Gasteiger partial charge on any atom is -0.354 e. The first kappa shape index (κ1) is 26.8. The molecule has 7 nitrogen and oxygen atoms in total. The molecule has 33 heavy (non-hydrogen) atoms. The van der Waals surface area contributed by atoms with Crippen molar-refractivity contribution >= 4 is 43.5 Å². The molecule has 2 amide bonds. The van der Waals surface area contributed by atoms with Crippen LogP contribution in [0.2, 0.25) is 0 Å². The largest absolute Gasteiger partial charge is 0.354 e. The standard InChI is InChI=1S/C23H29BrFN3O4S/c1-4-5-13-26-23(30)17(2)27(15-18-9-6-7-12-21(18)25)22(29)16-28(33(3,31)32)20-11-8-10-19(24)14-20/h6-12,14,17H,4-5,13,15-16H2,1-3H3,(H,26,30)/t17-/m0/s1. The molecule has 0 bridgehead atoms. The Kier molecular flexibility index (Phi) is 9.85. The van der Waals surface area contributed by atoms with Gasteiger partial charge in [-0.15, -0.1) is 0 Å². The van der Waals surface area contributed by atoms with Crippen molar-refractivity contribution in [2.75, 3.05) is 23.7 Å². The Hall–Kier alpha value is -2.46. The van der Waals surface area contributed by atoms with E-state index in [9.17, 15) is 22.4 Å². The number of anilines is 1. The lowest BCUT2D eigenvalue weighted by Crippen LogP contribution is -2.51. The molecular formula is C23H29BrFN3O4S. The van der Waals surface area contributed by atoms with Gasteiger partial charge in [0, 0.05) is 23.1 Å². The molecule has 0 aliphatic carbocycles. The van der Waals surface area contributed by atoms with Gasteiger partial charge in [0.2, 0.25) is 21.8 Å². The van der Waals surface area contributed by atoms with Gasteiger partial charge in [-0.2, -0.15) is 0 Å². The smallest absolute Gasteiger partial charge is 0.244 e. The van der Waals surface area contributed by atoms with Crippen molar-refractivity contribution < 1.29 is 22.4 Å². The van der Waals surface area contributed by atoms with Crippen LogP contribution in [0, 0.1) is 5.82 Å². The highest BCUT2D eigenvalue weighted by molar-refractivity contribution is 9.10. The molecule has 180 valence electrons. The number of rotatable bonds is 11. The van der Waals surface area contributed by atoms with E-state index in [1.165, 1.54) is 23.1 Å². The van der Waals surface area contributed by atoms with E-state index in [-0.39, 0.29) is 18.0 Å². The SMILES string of the molecule is CCCCNC(=O)[C@H](C)N(Cc1ccccc1F)C(=O)CN(c1cccc(Br)c1)S(C)(=O)=O. The van der Waals surface area contributed by atoms with Gasteiger partial charge in [0.05, 0.1) is 11.9 Å². The highest BCUT2D eigenvalue weighted by Gasteiger charge is 2.30. The molecular weight excluding hydrogens is 513 g/mol. The predicted octanol–water partition coefficient (Wildman–Crippen LogP) is 3.69. The fraction of sp³-hybridized carbons (Fsp3) is 0.391. The highest BCUT2D eigenvalue weighted by Crippen LogP contribution is 2.23. The number of hydrogen-bond acceptors (Lipinski definition) is 4. The van der Waals surface area contributed by atoms with Gasteiger partial charge in [0.1, 0.15) is 18.4 Å². The van der Waals surface area contributed by atoms with Crippen LogP contribution in [0.25, 0.3) is 0 Å². The van der Waals surface area contributed by atoms with Crippen molar-refractivity contribution in [2.45, 2.75) is 39.3 Å². The number of amides is 2. The molecule has 0 saturated heterocycles. The van der Waals surface area contributed by atoms with Crippen LogP contribution in [0.5, 0.6) is 0 Å². The van der Waals surface area contributed by atoms with Gasteiger partial charge in [0.25, 0.3) is 0 Å². The number of sulfonamides is 1. The monoisotopic (exact) mass is 541 g/mol. The summed E-state index contributed by atoms with van der Waals surface area (Å²) in [5.74, 6) is -1.52. The Morgan fingerprint density at radius 1 is 1.15 bits per heavy atom. The van der Waals surface area contributed by atoms with E-state index in [0.717, 1.165) is 23.4 Å². The first-order valence-corrected chi connectivity index (χ1v) is 13.2. The molecule has 2 rings (SSSR count). The number of benzene rings is 2. The number of hydrogen-bond donors (Lipinski definition) is 1. The molecule has 2 aromatic rings. The minimum atomic E-state index is -3.82. The summed E-state index contributed by atoms with van der Waals surface area (Å²) < 4.78 is 40.9. The molecule has 1 N–H and O–H groups in total. The second-order valence-corrected chi connectivity index (χ2v) is 10.5. The molecule has 0 fully saturated rings. The van der Waals surface area contributed by atoms with E-state index in [4.69, 9.17) is 0 Å². The number of unbranched alkanes of at least 4 members (excludes halogenated alkanes) is 1. The Bertz CT molecular complexity index is 1080. The van der Waals surface area contributed by atoms with Crippen molar-refractivity contribution in [3.05, 3.63) is 64.4 Å². The summed E-state index contributed by atoms with van der Waals surface area (Å²) in [5, 5.41) is 2.78. The molecule has 1 atom stereocenters. The zero-order valence-electron chi connectivity index (χ0n) is 18.9. The fourth-order valence-corrected chi connectivity index (χ4v) is 4.40. The van der Waals surface area contributed by atoms with Crippen molar-refractivity contribution in [1.29, 1.82) is 0 Å². The summed E-state index contributed by atoms with van der Waals surface area (Å²) in [6, 6.07) is 11.6. The van der Waals surface area contributed by atoms with Crippen LogP contribution < -0.4 is 9.62 Å². The Labute approximate surface area is 203 Å². The number of carbonyl (C=O) groups excluding carboxylic acids is 2. The van der Waals surface area contributed by atoms with Gasteiger partial charge in [-0.3, -0.25) is 13.9 Å².